The van der Waals surface area contributed by atoms with E-state index in [0.717, 1.165) is 32.1 Å². The summed E-state index contributed by atoms with van der Waals surface area (Å²) in [5.74, 6) is 0.638. The van der Waals surface area contributed by atoms with Crippen LogP contribution in [0.25, 0.3) is 0 Å². The van der Waals surface area contributed by atoms with E-state index in [9.17, 15) is 9.59 Å². The molecular formula is C22H38N2O3S. The van der Waals surface area contributed by atoms with Crippen LogP contribution in [0.5, 0.6) is 0 Å². The van der Waals surface area contributed by atoms with Crippen LogP contribution in [0.4, 0.5) is 0 Å². The average Bonchev–Trinajstić information content (AvgIpc) is 2.62. The van der Waals surface area contributed by atoms with Crippen molar-refractivity contribution in [1.29, 1.82) is 0 Å². The van der Waals surface area contributed by atoms with Gasteiger partial charge in [0.25, 0.3) is 0 Å². The molecule has 5 nitrogen and oxygen atoms in total. The summed E-state index contributed by atoms with van der Waals surface area (Å²) in [6.07, 6.45) is 6.28. The Morgan fingerprint density at radius 2 is 1.82 bits per heavy atom. The number of unbranched alkanes of at least 4 members (excludes halogenated alkanes) is 3. The molecule has 0 fully saturated rings. The van der Waals surface area contributed by atoms with Gasteiger partial charge in [-0.15, -0.1) is 0 Å². The van der Waals surface area contributed by atoms with Crippen molar-refractivity contribution in [2.75, 3.05) is 6.61 Å². The molecule has 1 atom stereocenters. The summed E-state index contributed by atoms with van der Waals surface area (Å²) < 4.78 is 9.50. The topological polar surface area (TPSA) is 53.2 Å². The molecule has 1 aromatic heterocycles. The third-order valence-electron chi connectivity index (χ3n) is 5.56. The lowest BCUT2D eigenvalue weighted by molar-refractivity contribution is -0.159. The minimum atomic E-state index is -0.419. The molecule has 0 saturated heterocycles. The molecule has 0 aliphatic rings. The van der Waals surface area contributed by atoms with Crippen molar-refractivity contribution in [3.8, 4) is 0 Å². The van der Waals surface area contributed by atoms with Crippen molar-refractivity contribution in [1.82, 2.24) is 9.13 Å². The molecule has 0 aliphatic heterocycles. The van der Waals surface area contributed by atoms with E-state index in [1.165, 1.54) is 0 Å². The van der Waals surface area contributed by atoms with E-state index in [1.807, 2.05) is 19.9 Å². The predicted octanol–water partition coefficient (Wildman–Crippen LogP) is 5.21. The highest BCUT2D eigenvalue weighted by atomic mass is 32.1. The largest absolute Gasteiger partial charge is 0.465 e. The van der Waals surface area contributed by atoms with Crippen LogP contribution < -0.4 is 5.69 Å². The zero-order valence-corrected chi connectivity index (χ0v) is 19.3. The third-order valence-corrected chi connectivity index (χ3v) is 5.92. The first-order valence-electron chi connectivity index (χ1n) is 10.6. The molecule has 1 rings (SSSR count). The van der Waals surface area contributed by atoms with E-state index in [-0.39, 0.29) is 17.6 Å². The molecule has 1 unspecified atom stereocenters. The van der Waals surface area contributed by atoms with Gasteiger partial charge in [-0.05, 0) is 57.4 Å². The van der Waals surface area contributed by atoms with Gasteiger partial charge in [0.1, 0.15) is 4.64 Å². The minimum Gasteiger partial charge on any atom is -0.465 e. The van der Waals surface area contributed by atoms with Gasteiger partial charge in [0.2, 0.25) is 0 Å². The summed E-state index contributed by atoms with van der Waals surface area (Å²) in [5.41, 5.74) is -0.459. The molecule has 0 spiro atoms. The fraction of sp³-hybridized carbons (Fsp3) is 0.773. The van der Waals surface area contributed by atoms with Crippen molar-refractivity contribution in [3.63, 3.8) is 0 Å². The van der Waals surface area contributed by atoms with Crippen LogP contribution in [0.1, 0.15) is 73.6 Å². The Hall–Kier alpha value is -1.43. The van der Waals surface area contributed by atoms with Crippen LogP contribution in [0.3, 0.4) is 0 Å². The zero-order valence-electron chi connectivity index (χ0n) is 18.5. The maximum absolute atomic E-state index is 12.6. The highest BCUT2D eigenvalue weighted by Crippen LogP contribution is 2.35. The van der Waals surface area contributed by atoms with Crippen molar-refractivity contribution >= 4 is 18.2 Å². The van der Waals surface area contributed by atoms with E-state index in [4.69, 9.17) is 17.0 Å². The van der Waals surface area contributed by atoms with Gasteiger partial charge in [-0.1, -0.05) is 46.3 Å². The fourth-order valence-electron chi connectivity index (χ4n) is 3.46. The summed E-state index contributed by atoms with van der Waals surface area (Å²) in [6, 6.07) is 1.81. The second-order valence-electron chi connectivity index (χ2n) is 8.59. The normalized spacial score (nSPS) is 13.7. The number of hydrogen-bond donors (Lipinski definition) is 0. The van der Waals surface area contributed by atoms with Crippen molar-refractivity contribution in [2.45, 2.75) is 86.7 Å². The second kappa shape index (κ2) is 11.5. The lowest BCUT2D eigenvalue weighted by Gasteiger charge is -2.32. The Balaban J connectivity index is 2.38. The quantitative estimate of drug-likeness (QED) is 0.270. The average molecular weight is 411 g/mol. The van der Waals surface area contributed by atoms with Gasteiger partial charge in [-0.3, -0.25) is 9.36 Å². The maximum atomic E-state index is 12.6. The zero-order chi connectivity index (χ0) is 21.3. The van der Waals surface area contributed by atoms with Crippen molar-refractivity contribution < 1.29 is 9.53 Å². The smallest absolute Gasteiger partial charge is 0.329 e. The first-order valence-corrected chi connectivity index (χ1v) is 11.0. The lowest BCUT2D eigenvalue weighted by atomic mass is 9.73. The Labute approximate surface area is 175 Å². The Bertz CT molecular complexity index is 736. The van der Waals surface area contributed by atoms with Crippen molar-refractivity contribution in [3.05, 3.63) is 27.4 Å². The molecule has 0 aromatic carbocycles. The first-order chi connectivity index (χ1) is 13.1. The van der Waals surface area contributed by atoms with E-state index in [1.54, 1.807) is 15.3 Å². The van der Waals surface area contributed by atoms with Crippen molar-refractivity contribution in [2.24, 2.45) is 17.3 Å². The summed E-state index contributed by atoms with van der Waals surface area (Å²) in [6.45, 7) is 14.2. The van der Waals surface area contributed by atoms with Gasteiger partial charge in [-0.2, -0.15) is 0 Å². The highest BCUT2D eigenvalue weighted by Gasteiger charge is 2.38. The molecule has 6 heteroatoms. The van der Waals surface area contributed by atoms with Crippen LogP contribution >= 0.6 is 12.2 Å². The highest BCUT2D eigenvalue weighted by molar-refractivity contribution is 7.71. The van der Waals surface area contributed by atoms with Crippen LogP contribution in [0, 0.1) is 21.9 Å². The number of esters is 1. The molecule has 28 heavy (non-hydrogen) atoms. The number of aryl methyl sites for hydroxylation is 1. The number of rotatable bonds is 12. The first kappa shape index (κ1) is 24.6. The summed E-state index contributed by atoms with van der Waals surface area (Å²) in [7, 11) is 0. The van der Waals surface area contributed by atoms with E-state index >= 15 is 0 Å². The van der Waals surface area contributed by atoms with Crippen LogP contribution in [-0.2, 0) is 22.6 Å². The summed E-state index contributed by atoms with van der Waals surface area (Å²) >= 11 is 5.27. The molecule has 0 amide bonds. The fourth-order valence-corrected chi connectivity index (χ4v) is 3.69. The molecule has 1 aromatic rings. The molecule has 0 radical (unpaired) electrons. The molecule has 0 bridgehead atoms. The van der Waals surface area contributed by atoms with Crippen LogP contribution in [0.2, 0.25) is 0 Å². The maximum Gasteiger partial charge on any atom is 0.329 e. The van der Waals surface area contributed by atoms with Gasteiger partial charge >= 0.3 is 11.7 Å². The molecule has 0 N–H and O–H groups in total. The standard InChI is InChI=1S/C22H38N2O3S/c1-7-23-14-12-19(28)24(21(23)26)13-10-8-9-11-15-27-20(25)22(6,18(4)5)16-17(2)3/h12,14,17-18H,7-11,13,15-16H2,1-6H3. The Morgan fingerprint density at radius 1 is 1.18 bits per heavy atom. The number of aromatic nitrogens is 2. The SMILES string of the molecule is CCn1ccc(=S)n(CCCCCCOC(=O)C(C)(CC(C)C)C(C)C)c1=O. The van der Waals surface area contributed by atoms with Gasteiger partial charge in [0.05, 0.1) is 12.0 Å². The Kier molecular flexibility index (Phi) is 10.1. The van der Waals surface area contributed by atoms with Gasteiger partial charge in [0.15, 0.2) is 0 Å². The lowest BCUT2D eigenvalue weighted by Crippen LogP contribution is -2.36. The molecule has 160 valence electrons. The number of carbonyl (C=O) groups is 1. The van der Waals surface area contributed by atoms with E-state index in [0.29, 0.717) is 30.3 Å². The third kappa shape index (κ3) is 6.87. The summed E-state index contributed by atoms with van der Waals surface area (Å²) in [5, 5.41) is 0. The van der Waals surface area contributed by atoms with Gasteiger partial charge < -0.3 is 9.30 Å². The number of ether oxygens (including phenoxy) is 1. The summed E-state index contributed by atoms with van der Waals surface area (Å²) in [4.78, 5) is 24.9. The van der Waals surface area contributed by atoms with Crippen LogP contribution in [-0.4, -0.2) is 21.7 Å². The monoisotopic (exact) mass is 410 g/mol. The number of nitrogens with zero attached hydrogens (tertiary/aromatic N) is 2. The number of carbonyl (C=O) groups excluding carboxylic acids is 1. The Morgan fingerprint density at radius 3 is 2.39 bits per heavy atom. The second-order valence-corrected chi connectivity index (χ2v) is 9.01. The molecular weight excluding hydrogens is 372 g/mol. The van der Waals surface area contributed by atoms with Gasteiger partial charge in [0, 0.05) is 19.3 Å². The minimum absolute atomic E-state index is 0.0398. The van der Waals surface area contributed by atoms with Crippen LogP contribution in [0.15, 0.2) is 17.1 Å². The predicted molar refractivity (Wildman–Crippen MR) is 117 cm³/mol. The molecule has 0 saturated carbocycles. The number of hydrogen-bond acceptors (Lipinski definition) is 4. The van der Waals surface area contributed by atoms with Gasteiger partial charge in [-0.25, -0.2) is 4.79 Å². The molecule has 0 aliphatic carbocycles. The van der Waals surface area contributed by atoms with E-state index < -0.39 is 5.41 Å². The van der Waals surface area contributed by atoms with E-state index in [2.05, 4.69) is 27.7 Å². The molecule has 1 heterocycles.